The first-order valence-electron chi connectivity index (χ1n) is 9.33. The third-order valence-electron chi connectivity index (χ3n) is 4.91. The zero-order valence-electron chi connectivity index (χ0n) is 16.1. The van der Waals surface area contributed by atoms with E-state index < -0.39 is 0 Å². The van der Waals surface area contributed by atoms with E-state index in [0.717, 1.165) is 54.8 Å². The van der Waals surface area contributed by atoms with Crippen molar-refractivity contribution < 1.29 is 4.74 Å². The van der Waals surface area contributed by atoms with Crippen LogP contribution in [0.4, 0.5) is 5.82 Å². The first-order chi connectivity index (χ1) is 13.1. The lowest BCUT2D eigenvalue weighted by molar-refractivity contribution is 0.193. The lowest BCUT2D eigenvalue weighted by Gasteiger charge is -2.19. The summed E-state index contributed by atoms with van der Waals surface area (Å²) in [6.45, 7) is 6.35. The molecule has 0 spiro atoms. The molecule has 2 aromatic heterocycles. The molecule has 140 valence electrons. The zero-order valence-corrected chi connectivity index (χ0v) is 16.1. The van der Waals surface area contributed by atoms with Crippen LogP contribution in [-0.4, -0.2) is 40.0 Å². The molecule has 6 heteroatoms. The Morgan fingerprint density at radius 3 is 2.89 bits per heavy atom. The smallest absolute Gasteiger partial charge is 0.132 e. The van der Waals surface area contributed by atoms with Crippen LogP contribution < -0.4 is 4.90 Å². The van der Waals surface area contributed by atoms with Crippen LogP contribution in [0.15, 0.2) is 42.7 Å². The van der Waals surface area contributed by atoms with Crippen molar-refractivity contribution in [2.24, 2.45) is 0 Å². The van der Waals surface area contributed by atoms with Gasteiger partial charge < -0.3 is 9.64 Å². The molecule has 0 unspecified atom stereocenters. The SMILES string of the molecule is Cc1cccc(-n2cc(CN(C)c3cc([C@@H]4CCOC4)nc(C)n3)cn2)c1. The summed E-state index contributed by atoms with van der Waals surface area (Å²) >= 11 is 0. The molecule has 1 fully saturated rings. The minimum Gasteiger partial charge on any atom is -0.381 e. The van der Waals surface area contributed by atoms with E-state index in [1.807, 2.05) is 17.8 Å². The third kappa shape index (κ3) is 4.01. The first kappa shape index (κ1) is 17.7. The summed E-state index contributed by atoms with van der Waals surface area (Å²) in [7, 11) is 2.06. The molecule has 0 aliphatic carbocycles. The maximum absolute atomic E-state index is 5.52. The van der Waals surface area contributed by atoms with Gasteiger partial charge in [0.1, 0.15) is 11.6 Å². The van der Waals surface area contributed by atoms with E-state index in [4.69, 9.17) is 4.74 Å². The first-order valence-corrected chi connectivity index (χ1v) is 9.33. The van der Waals surface area contributed by atoms with Crippen molar-refractivity contribution in [1.29, 1.82) is 0 Å². The van der Waals surface area contributed by atoms with Crippen LogP contribution in [0.25, 0.3) is 5.69 Å². The number of anilines is 1. The summed E-state index contributed by atoms with van der Waals surface area (Å²) in [5.41, 5.74) is 4.52. The van der Waals surface area contributed by atoms with Gasteiger partial charge in [0.2, 0.25) is 0 Å². The lowest BCUT2D eigenvalue weighted by Crippen LogP contribution is -2.19. The van der Waals surface area contributed by atoms with E-state index in [2.05, 4.69) is 70.5 Å². The number of ether oxygens (including phenoxy) is 1. The predicted octanol–water partition coefficient (Wildman–Crippen LogP) is 3.42. The van der Waals surface area contributed by atoms with Crippen molar-refractivity contribution in [3.05, 3.63) is 65.4 Å². The van der Waals surface area contributed by atoms with E-state index in [-0.39, 0.29) is 0 Å². The van der Waals surface area contributed by atoms with Crippen LogP contribution in [-0.2, 0) is 11.3 Å². The monoisotopic (exact) mass is 363 g/mol. The Kier molecular flexibility index (Phi) is 4.90. The summed E-state index contributed by atoms with van der Waals surface area (Å²) in [4.78, 5) is 11.4. The molecular formula is C21H25N5O. The molecule has 3 heterocycles. The summed E-state index contributed by atoms with van der Waals surface area (Å²) in [5.74, 6) is 2.12. The Morgan fingerprint density at radius 1 is 1.22 bits per heavy atom. The standard InChI is InChI=1S/C21H25N5O/c1-15-5-4-6-19(9-15)26-13-17(11-22-26)12-25(3)21-10-20(23-16(2)24-21)18-7-8-27-14-18/h4-6,9-11,13,18H,7-8,12,14H2,1-3H3/t18-/m1/s1. The Morgan fingerprint density at radius 2 is 2.11 bits per heavy atom. The van der Waals surface area contributed by atoms with Gasteiger partial charge in [-0.25, -0.2) is 14.6 Å². The third-order valence-corrected chi connectivity index (χ3v) is 4.91. The van der Waals surface area contributed by atoms with Crippen molar-refractivity contribution in [3.8, 4) is 5.69 Å². The van der Waals surface area contributed by atoms with Crippen molar-refractivity contribution in [2.75, 3.05) is 25.2 Å². The molecule has 1 atom stereocenters. The molecule has 1 aliphatic rings. The average Bonchev–Trinajstić information content (AvgIpc) is 3.33. The Labute approximate surface area is 159 Å². The normalized spacial score (nSPS) is 16.6. The molecule has 27 heavy (non-hydrogen) atoms. The molecule has 0 amide bonds. The van der Waals surface area contributed by atoms with Gasteiger partial charge in [0.25, 0.3) is 0 Å². The average molecular weight is 363 g/mol. The van der Waals surface area contributed by atoms with Crippen LogP contribution in [0.3, 0.4) is 0 Å². The van der Waals surface area contributed by atoms with Gasteiger partial charge in [-0.05, 0) is 38.0 Å². The molecule has 1 aromatic carbocycles. The Balaban J connectivity index is 1.52. The fraction of sp³-hybridized carbons (Fsp3) is 0.381. The minimum atomic E-state index is 0.378. The molecule has 1 saturated heterocycles. The van der Waals surface area contributed by atoms with Gasteiger partial charge in [-0.2, -0.15) is 5.10 Å². The molecule has 6 nitrogen and oxygen atoms in total. The number of aryl methyl sites for hydroxylation is 2. The fourth-order valence-corrected chi connectivity index (χ4v) is 3.46. The highest BCUT2D eigenvalue weighted by molar-refractivity contribution is 5.41. The summed E-state index contributed by atoms with van der Waals surface area (Å²) in [6, 6.07) is 10.4. The lowest BCUT2D eigenvalue weighted by atomic mass is 10.0. The highest BCUT2D eigenvalue weighted by Gasteiger charge is 2.21. The van der Waals surface area contributed by atoms with E-state index in [1.54, 1.807) is 0 Å². The molecule has 0 radical (unpaired) electrons. The Bertz CT molecular complexity index is 930. The summed E-state index contributed by atoms with van der Waals surface area (Å²) in [6.07, 6.45) is 5.02. The number of hydrogen-bond acceptors (Lipinski definition) is 5. The second-order valence-corrected chi connectivity index (χ2v) is 7.25. The van der Waals surface area contributed by atoms with Crippen molar-refractivity contribution >= 4 is 5.82 Å². The van der Waals surface area contributed by atoms with Crippen molar-refractivity contribution in [3.63, 3.8) is 0 Å². The molecular weight excluding hydrogens is 338 g/mol. The molecule has 1 aliphatic heterocycles. The number of hydrogen-bond donors (Lipinski definition) is 0. The maximum atomic E-state index is 5.52. The highest BCUT2D eigenvalue weighted by Crippen LogP contribution is 2.26. The van der Waals surface area contributed by atoms with Crippen LogP contribution in [0.2, 0.25) is 0 Å². The van der Waals surface area contributed by atoms with Crippen LogP contribution in [0.5, 0.6) is 0 Å². The van der Waals surface area contributed by atoms with Gasteiger partial charge in [-0.3, -0.25) is 0 Å². The molecule has 0 saturated carbocycles. The van der Waals surface area contributed by atoms with Gasteiger partial charge in [0.15, 0.2) is 0 Å². The van der Waals surface area contributed by atoms with Crippen LogP contribution >= 0.6 is 0 Å². The second-order valence-electron chi connectivity index (χ2n) is 7.25. The largest absolute Gasteiger partial charge is 0.381 e. The maximum Gasteiger partial charge on any atom is 0.132 e. The zero-order chi connectivity index (χ0) is 18.8. The summed E-state index contributed by atoms with van der Waals surface area (Å²) in [5, 5.41) is 4.51. The highest BCUT2D eigenvalue weighted by atomic mass is 16.5. The van der Waals surface area contributed by atoms with E-state index in [0.29, 0.717) is 5.92 Å². The predicted molar refractivity (Wildman–Crippen MR) is 105 cm³/mol. The summed E-state index contributed by atoms with van der Waals surface area (Å²) < 4.78 is 7.43. The van der Waals surface area contributed by atoms with E-state index >= 15 is 0 Å². The fourth-order valence-electron chi connectivity index (χ4n) is 3.46. The second kappa shape index (κ2) is 7.48. The van der Waals surface area contributed by atoms with E-state index in [1.165, 1.54) is 5.56 Å². The van der Waals surface area contributed by atoms with Gasteiger partial charge in [-0.1, -0.05) is 12.1 Å². The molecule has 0 bridgehead atoms. The quantitative estimate of drug-likeness (QED) is 0.695. The van der Waals surface area contributed by atoms with Crippen LogP contribution in [0, 0.1) is 13.8 Å². The molecule has 3 aromatic rings. The topological polar surface area (TPSA) is 56.1 Å². The van der Waals surface area contributed by atoms with Gasteiger partial charge in [0, 0.05) is 43.9 Å². The van der Waals surface area contributed by atoms with Crippen molar-refractivity contribution in [1.82, 2.24) is 19.7 Å². The molecule has 4 rings (SSSR count). The van der Waals surface area contributed by atoms with E-state index in [9.17, 15) is 0 Å². The number of rotatable bonds is 5. The number of aromatic nitrogens is 4. The van der Waals surface area contributed by atoms with Gasteiger partial charge >= 0.3 is 0 Å². The number of nitrogens with zero attached hydrogens (tertiary/aromatic N) is 5. The molecule has 0 N–H and O–H groups in total. The Hall–Kier alpha value is -2.73. The number of benzene rings is 1. The minimum absolute atomic E-state index is 0.378. The van der Waals surface area contributed by atoms with Crippen LogP contribution in [0.1, 0.15) is 35.0 Å². The van der Waals surface area contributed by atoms with Crippen molar-refractivity contribution in [2.45, 2.75) is 32.7 Å². The van der Waals surface area contributed by atoms with Gasteiger partial charge in [-0.15, -0.1) is 0 Å². The van der Waals surface area contributed by atoms with Gasteiger partial charge in [0.05, 0.1) is 24.2 Å².